The van der Waals surface area contributed by atoms with Crippen LogP contribution in [0.4, 0.5) is 0 Å². The molecule has 0 saturated heterocycles. The van der Waals surface area contributed by atoms with Crippen molar-refractivity contribution in [3.8, 4) is 0 Å². The van der Waals surface area contributed by atoms with Crippen molar-refractivity contribution in [2.24, 2.45) is 0 Å². The molecule has 23 heavy (non-hydrogen) atoms. The van der Waals surface area contributed by atoms with Crippen LogP contribution in [0.2, 0.25) is 0 Å². The number of hydrogen-bond acceptors (Lipinski definition) is 4. The van der Waals surface area contributed by atoms with Crippen molar-refractivity contribution in [3.05, 3.63) is 64.6 Å². The topological polar surface area (TPSA) is 72.5 Å². The van der Waals surface area contributed by atoms with Gasteiger partial charge in [0.1, 0.15) is 0 Å². The van der Waals surface area contributed by atoms with Gasteiger partial charge in [0.25, 0.3) is 0 Å². The molecule has 120 valence electrons. The highest BCUT2D eigenvalue weighted by molar-refractivity contribution is 7.89. The van der Waals surface area contributed by atoms with Gasteiger partial charge in [-0.3, -0.25) is 4.57 Å². The SMILES string of the molecule is CN(C)S(=O)(=O)c1ccc2c(c1)oc(=O)n2Cc1ccccc1. The second-order valence-corrected chi connectivity index (χ2v) is 7.51. The van der Waals surface area contributed by atoms with Gasteiger partial charge < -0.3 is 4.42 Å². The number of oxazole rings is 1. The van der Waals surface area contributed by atoms with Gasteiger partial charge in [-0.05, 0) is 17.7 Å². The fraction of sp³-hybridized carbons (Fsp3) is 0.188. The summed E-state index contributed by atoms with van der Waals surface area (Å²) in [6.07, 6.45) is 0. The number of sulfonamides is 1. The number of benzene rings is 2. The van der Waals surface area contributed by atoms with Gasteiger partial charge >= 0.3 is 5.76 Å². The third kappa shape index (κ3) is 2.80. The highest BCUT2D eigenvalue weighted by atomic mass is 32.2. The van der Waals surface area contributed by atoms with Crippen LogP contribution in [0.3, 0.4) is 0 Å². The Labute approximate surface area is 133 Å². The van der Waals surface area contributed by atoms with Crippen molar-refractivity contribution in [1.29, 1.82) is 0 Å². The predicted octanol–water partition coefficient (Wildman–Crippen LogP) is 1.89. The van der Waals surface area contributed by atoms with Gasteiger partial charge in [-0.2, -0.15) is 0 Å². The van der Waals surface area contributed by atoms with Crippen LogP contribution in [-0.4, -0.2) is 31.4 Å². The van der Waals surface area contributed by atoms with Crippen molar-refractivity contribution >= 4 is 21.1 Å². The molecule has 0 unspecified atom stereocenters. The van der Waals surface area contributed by atoms with Crippen molar-refractivity contribution < 1.29 is 12.8 Å². The molecule has 0 amide bonds. The molecular weight excluding hydrogens is 316 g/mol. The molecule has 1 heterocycles. The minimum Gasteiger partial charge on any atom is -0.408 e. The summed E-state index contributed by atoms with van der Waals surface area (Å²) in [7, 11) is -0.660. The van der Waals surface area contributed by atoms with E-state index in [-0.39, 0.29) is 10.5 Å². The Kier molecular flexibility index (Phi) is 3.83. The van der Waals surface area contributed by atoms with E-state index in [1.54, 1.807) is 6.07 Å². The standard InChI is InChI=1S/C16H16N2O4S/c1-17(2)23(20,21)13-8-9-14-15(10-13)22-16(19)18(14)11-12-6-4-3-5-7-12/h3-10H,11H2,1-2H3. The van der Waals surface area contributed by atoms with Crippen LogP contribution in [0.5, 0.6) is 0 Å². The number of aromatic nitrogens is 1. The molecule has 1 aromatic heterocycles. The first-order chi connectivity index (χ1) is 10.9. The van der Waals surface area contributed by atoms with Gasteiger partial charge in [0.2, 0.25) is 10.0 Å². The molecule has 0 N–H and O–H groups in total. The maximum Gasteiger partial charge on any atom is 0.420 e. The first-order valence-electron chi connectivity index (χ1n) is 6.99. The van der Waals surface area contributed by atoms with Crippen molar-refractivity contribution in [1.82, 2.24) is 8.87 Å². The van der Waals surface area contributed by atoms with Crippen LogP contribution in [0.1, 0.15) is 5.56 Å². The molecule has 0 spiro atoms. The zero-order valence-corrected chi connectivity index (χ0v) is 13.6. The number of nitrogens with zero attached hydrogens (tertiary/aromatic N) is 2. The Hall–Kier alpha value is -2.38. The van der Waals surface area contributed by atoms with E-state index < -0.39 is 15.8 Å². The molecule has 0 radical (unpaired) electrons. The Balaban J connectivity index is 2.09. The van der Waals surface area contributed by atoms with E-state index in [4.69, 9.17) is 4.42 Å². The molecule has 7 heteroatoms. The van der Waals surface area contributed by atoms with Crippen LogP contribution in [0, 0.1) is 0 Å². The van der Waals surface area contributed by atoms with E-state index in [0.29, 0.717) is 12.1 Å². The van der Waals surface area contributed by atoms with Crippen molar-refractivity contribution in [2.75, 3.05) is 14.1 Å². The van der Waals surface area contributed by atoms with Gasteiger partial charge in [-0.15, -0.1) is 0 Å². The number of hydrogen-bond donors (Lipinski definition) is 0. The normalized spacial score (nSPS) is 12.1. The molecule has 0 atom stereocenters. The van der Waals surface area contributed by atoms with E-state index in [9.17, 15) is 13.2 Å². The molecular formula is C16H16N2O4S. The molecule has 3 aromatic rings. The summed E-state index contributed by atoms with van der Waals surface area (Å²) in [5, 5.41) is 0. The van der Waals surface area contributed by atoms with Crippen LogP contribution >= 0.6 is 0 Å². The summed E-state index contributed by atoms with van der Waals surface area (Å²) in [4.78, 5) is 12.2. The van der Waals surface area contributed by atoms with Crippen LogP contribution in [0.15, 0.2) is 62.6 Å². The molecule has 0 aliphatic carbocycles. The predicted molar refractivity (Wildman–Crippen MR) is 86.9 cm³/mol. The van der Waals surface area contributed by atoms with Gasteiger partial charge in [-0.1, -0.05) is 30.3 Å². The lowest BCUT2D eigenvalue weighted by molar-refractivity contribution is 0.513. The lowest BCUT2D eigenvalue weighted by atomic mass is 10.2. The average Bonchev–Trinajstić information content (AvgIpc) is 2.83. The van der Waals surface area contributed by atoms with Crippen molar-refractivity contribution in [3.63, 3.8) is 0 Å². The molecule has 3 rings (SSSR count). The van der Waals surface area contributed by atoms with E-state index in [1.165, 1.54) is 30.8 Å². The largest absolute Gasteiger partial charge is 0.420 e. The highest BCUT2D eigenvalue weighted by Gasteiger charge is 2.19. The first-order valence-corrected chi connectivity index (χ1v) is 8.43. The Bertz CT molecular complexity index is 1000. The summed E-state index contributed by atoms with van der Waals surface area (Å²) in [6.45, 7) is 0.368. The lowest BCUT2D eigenvalue weighted by Crippen LogP contribution is -2.22. The quantitative estimate of drug-likeness (QED) is 0.731. The van der Waals surface area contributed by atoms with E-state index in [1.807, 2.05) is 30.3 Å². The summed E-state index contributed by atoms with van der Waals surface area (Å²) < 4.78 is 32.1. The molecule has 0 saturated carbocycles. The summed E-state index contributed by atoms with van der Waals surface area (Å²) in [5.74, 6) is -0.511. The second kappa shape index (κ2) is 5.68. The molecule has 0 aliphatic rings. The maximum atomic E-state index is 12.2. The smallest absolute Gasteiger partial charge is 0.408 e. The molecule has 0 fully saturated rings. The van der Waals surface area contributed by atoms with Gasteiger partial charge in [0, 0.05) is 20.2 Å². The molecule has 0 bridgehead atoms. The zero-order chi connectivity index (χ0) is 16.6. The average molecular weight is 332 g/mol. The monoisotopic (exact) mass is 332 g/mol. The Morgan fingerprint density at radius 3 is 2.43 bits per heavy atom. The molecule has 6 nitrogen and oxygen atoms in total. The minimum absolute atomic E-state index is 0.0932. The Morgan fingerprint density at radius 2 is 1.78 bits per heavy atom. The summed E-state index contributed by atoms with van der Waals surface area (Å²) in [6, 6.07) is 14.0. The van der Waals surface area contributed by atoms with Crippen LogP contribution in [0.25, 0.3) is 11.1 Å². The summed E-state index contributed by atoms with van der Waals surface area (Å²) >= 11 is 0. The van der Waals surface area contributed by atoms with E-state index >= 15 is 0 Å². The Morgan fingerprint density at radius 1 is 1.09 bits per heavy atom. The first kappa shape index (κ1) is 15.5. The molecule has 0 aliphatic heterocycles. The number of rotatable bonds is 4. The number of fused-ring (bicyclic) bond motifs is 1. The molecule has 2 aromatic carbocycles. The fourth-order valence-electron chi connectivity index (χ4n) is 2.33. The third-order valence-electron chi connectivity index (χ3n) is 3.60. The van der Waals surface area contributed by atoms with E-state index in [0.717, 1.165) is 9.87 Å². The fourth-order valence-corrected chi connectivity index (χ4v) is 3.25. The van der Waals surface area contributed by atoms with Gasteiger partial charge in [-0.25, -0.2) is 17.5 Å². The maximum absolute atomic E-state index is 12.2. The minimum atomic E-state index is -3.57. The second-order valence-electron chi connectivity index (χ2n) is 5.36. The highest BCUT2D eigenvalue weighted by Crippen LogP contribution is 2.21. The zero-order valence-electron chi connectivity index (χ0n) is 12.8. The van der Waals surface area contributed by atoms with E-state index in [2.05, 4.69) is 0 Å². The lowest BCUT2D eigenvalue weighted by Gasteiger charge is -2.10. The summed E-state index contributed by atoms with van der Waals surface area (Å²) in [5.41, 5.74) is 1.78. The van der Waals surface area contributed by atoms with Gasteiger partial charge in [0.05, 0.1) is 17.0 Å². The van der Waals surface area contributed by atoms with Gasteiger partial charge in [0.15, 0.2) is 5.58 Å². The third-order valence-corrected chi connectivity index (χ3v) is 5.41. The van der Waals surface area contributed by atoms with Crippen LogP contribution < -0.4 is 5.76 Å². The van der Waals surface area contributed by atoms with Crippen LogP contribution in [-0.2, 0) is 16.6 Å². The van der Waals surface area contributed by atoms with Crippen molar-refractivity contribution in [2.45, 2.75) is 11.4 Å².